The Morgan fingerprint density at radius 2 is 2.21 bits per heavy atom. The van der Waals surface area contributed by atoms with Crippen LogP contribution in [0.1, 0.15) is 22.0 Å². The molecule has 0 aliphatic carbocycles. The highest BCUT2D eigenvalue weighted by Crippen LogP contribution is 2.31. The number of nitrogens with zero attached hydrogens (tertiary/aromatic N) is 1. The molecule has 2 heterocycles. The van der Waals surface area contributed by atoms with E-state index in [4.69, 9.17) is 10.5 Å². The summed E-state index contributed by atoms with van der Waals surface area (Å²) in [6.07, 6.45) is 3.02. The van der Waals surface area contributed by atoms with Crippen molar-refractivity contribution in [2.45, 2.75) is 6.04 Å². The monoisotopic (exact) mass is 255 g/mol. The van der Waals surface area contributed by atoms with E-state index in [2.05, 4.69) is 10.3 Å². The van der Waals surface area contributed by atoms with Gasteiger partial charge in [0, 0.05) is 23.6 Å². The second-order valence-corrected chi connectivity index (χ2v) is 4.34. The number of fused-ring (bicyclic) bond motifs is 1. The van der Waals surface area contributed by atoms with E-state index in [1.807, 2.05) is 24.3 Å². The summed E-state index contributed by atoms with van der Waals surface area (Å²) in [5.41, 5.74) is 7.54. The molecule has 1 aromatic heterocycles. The Morgan fingerprint density at radius 1 is 1.37 bits per heavy atom. The number of aromatic nitrogens is 1. The van der Waals surface area contributed by atoms with Gasteiger partial charge in [0.15, 0.2) is 0 Å². The van der Waals surface area contributed by atoms with Gasteiger partial charge in [-0.15, -0.1) is 0 Å². The molecule has 0 radical (unpaired) electrons. The molecule has 0 saturated heterocycles. The number of nitrogen functional groups attached to an aromatic ring is 1. The van der Waals surface area contributed by atoms with Gasteiger partial charge in [0.2, 0.25) is 0 Å². The zero-order valence-electron chi connectivity index (χ0n) is 10.2. The van der Waals surface area contributed by atoms with Crippen molar-refractivity contribution in [2.75, 3.05) is 12.3 Å². The standard InChI is InChI=1S/C14H13N3O2/c15-11-5-6-16-7-10(11)14(18)17-12-8-19-13-4-2-1-3-9(12)13/h1-7,12H,8H2,(H2,15,16)(H,17,18). The maximum absolute atomic E-state index is 12.1. The van der Waals surface area contributed by atoms with Gasteiger partial charge in [-0.25, -0.2) is 0 Å². The smallest absolute Gasteiger partial charge is 0.255 e. The van der Waals surface area contributed by atoms with Crippen LogP contribution in [-0.4, -0.2) is 17.5 Å². The Bertz CT molecular complexity index is 628. The summed E-state index contributed by atoms with van der Waals surface area (Å²) >= 11 is 0. The highest BCUT2D eigenvalue weighted by Gasteiger charge is 2.25. The number of carbonyl (C=O) groups is 1. The fraction of sp³-hybridized carbons (Fsp3) is 0.143. The average molecular weight is 255 g/mol. The molecule has 96 valence electrons. The molecule has 5 nitrogen and oxygen atoms in total. The van der Waals surface area contributed by atoms with Crippen molar-refractivity contribution < 1.29 is 9.53 Å². The Hall–Kier alpha value is -2.56. The molecular weight excluding hydrogens is 242 g/mol. The predicted octanol–water partition coefficient (Wildman–Crippen LogP) is 1.53. The van der Waals surface area contributed by atoms with E-state index in [9.17, 15) is 4.79 Å². The van der Waals surface area contributed by atoms with Crippen molar-refractivity contribution in [3.05, 3.63) is 53.9 Å². The lowest BCUT2D eigenvalue weighted by molar-refractivity contribution is 0.0931. The third kappa shape index (κ3) is 2.10. The zero-order chi connectivity index (χ0) is 13.2. The minimum Gasteiger partial charge on any atom is -0.491 e. The Morgan fingerprint density at radius 3 is 3.05 bits per heavy atom. The first-order chi connectivity index (χ1) is 9.25. The SMILES string of the molecule is Nc1ccncc1C(=O)NC1COc2ccccc21. The molecular formula is C14H13N3O2. The molecule has 19 heavy (non-hydrogen) atoms. The normalized spacial score (nSPS) is 16.5. The van der Waals surface area contributed by atoms with Crippen LogP contribution in [-0.2, 0) is 0 Å². The lowest BCUT2D eigenvalue weighted by atomic mass is 10.1. The van der Waals surface area contributed by atoms with E-state index in [-0.39, 0.29) is 11.9 Å². The lowest BCUT2D eigenvalue weighted by Crippen LogP contribution is -2.30. The quantitative estimate of drug-likeness (QED) is 0.853. The van der Waals surface area contributed by atoms with Gasteiger partial charge in [-0.1, -0.05) is 18.2 Å². The number of nitrogens with one attached hydrogen (secondary N) is 1. The van der Waals surface area contributed by atoms with Gasteiger partial charge >= 0.3 is 0 Å². The fourth-order valence-corrected chi connectivity index (χ4v) is 2.11. The second-order valence-electron chi connectivity index (χ2n) is 4.34. The van der Waals surface area contributed by atoms with Crippen LogP contribution in [0.4, 0.5) is 5.69 Å². The highest BCUT2D eigenvalue weighted by molar-refractivity contribution is 5.99. The van der Waals surface area contributed by atoms with Crippen molar-refractivity contribution in [1.82, 2.24) is 10.3 Å². The minimum absolute atomic E-state index is 0.150. The zero-order valence-corrected chi connectivity index (χ0v) is 10.2. The second kappa shape index (κ2) is 4.61. The third-order valence-electron chi connectivity index (χ3n) is 3.10. The number of rotatable bonds is 2. The molecule has 1 unspecified atom stereocenters. The molecule has 3 N–H and O–H groups in total. The molecule has 1 amide bonds. The molecule has 1 aromatic carbocycles. The van der Waals surface area contributed by atoms with Crippen LogP contribution >= 0.6 is 0 Å². The van der Waals surface area contributed by atoms with Crippen LogP contribution < -0.4 is 15.8 Å². The summed E-state index contributed by atoms with van der Waals surface area (Å²) in [7, 11) is 0. The molecule has 1 aliphatic heterocycles. The van der Waals surface area contributed by atoms with Gasteiger partial charge in [-0.3, -0.25) is 9.78 Å². The van der Waals surface area contributed by atoms with E-state index >= 15 is 0 Å². The average Bonchev–Trinajstić information content (AvgIpc) is 2.83. The van der Waals surface area contributed by atoms with E-state index in [0.29, 0.717) is 17.9 Å². The molecule has 0 fully saturated rings. The number of benzene rings is 1. The Kier molecular flexibility index (Phi) is 2.79. The minimum atomic E-state index is -0.240. The van der Waals surface area contributed by atoms with Crippen molar-refractivity contribution in [3.63, 3.8) is 0 Å². The van der Waals surface area contributed by atoms with Crippen LogP contribution in [0.25, 0.3) is 0 Å². The largest absolute Gasteiger partial charge is 0.491 e. The van der Waals surface area contributed by atoms with Gasteiger partial charge in [0.05, 0.1) is 11.6 Å². The maximum Gasteiger partial charge on any atom is 0.255 e. The summed E-state index contributed by atoms with van der Waals surface area (Å²) < 4.78 is 5.52. The van der Waals surface area contributed by atoms with Gasteiger partial charge in [0.25, 0.3) is 5.91 Å². The fourth-order valence-electron chi connectivity index (χ4n) is 2.11. The molecule has 2 aromatic rings. The molecule has 1 aliphatic rings. The first-order valence-electron chi connectivity index (χ1n) is 5.98. The van der Waals surface area contributed by atoms with Crippen molar-refractivity contribution >= 4 is 11.6 Å². The van der Waals surface area contributed by atoms with Crippen LogP contribution in [0.3, 0.4) is 0 Å². The van der Waals surface area contributed by atoms with Crippen molar-refractivity contribution in [3.8, 4) is 5.75 Å². The number of hydrogen-bond acceptors (Lipinski definition) is 4. The van der Waals surface area contributed by atoms with E-state index < -0.39 is 0 Å². The highest BCUT2D eigenvalue weighted by atomic mass is 16.5. The lowest BCUT2D eigenvalue weighted by Gasteiger charge is -2.12. The number of pyridine rings is 1. The van der Waals surface area contributed by atoms with E-state index in [1.165, 1.54) is 6.20 Å². The first-order valence-corrected chi connectivity index (χ1v) is 5.98. The summed E-state index contributed by atoms with van der Waals surface area (Å²) in [5.74, 6) is 0.572. The first kappa shape index (κ1) is 11.5. The summed E-state index contributed by atoms with van der Waals surface area (Å²) in [6.45, 7) is 0.436. The van der Waals surface area contributed by atoms with Crippen molar-refractivity contribution in [2.24, 2.45) is 0 Å². The number of anilines is 1. The number of hydrogen-bond donors (Lipinski definition) is 2. The van der Waals surface area contributed by atoms with Crippen LogP contribution in [0.2, 0.25) is 0 Å². The molecule has 5 heteroatoms. The molecule has 1 atom stereocenters. The van der Waals surface area contributed by atoms with Crippen LogP contribution in [0, 0.1) is 0 Å². The van der Waals surface area contributed by atoms with Crippen LogP contribution in [0.5, 0.6) is 5.75 Å². The van der Waals surface area contributed by atoms with Crippen LogP contribution in [0.15, 0.2) is 42.7 Å². The third-order valence-corrected chi connectivity index (χ3v) is 3.10. The number of amides is 1. The number of nitrogens with two attached hydrogens (primary N) is 1. The van der Waals surface area contributed by atoms with Gasteiger partial charge in [0.1, 0.15) is 12.4 Å². The summed E-state index contributed by atoms with van der Waals surface area (Å²) in [4.78, 5) is 16.1. The van der Waals surface area contributed by atoms with E-state index in [1.54, 1.807) is 12.3 Å². The molecule has 0 saturated carbocycles. The summed E-state index contributed by atoms with van der Waals surface area (Å²) in [5, 5.41) is 2.91. The number of ether oxygens (including phenoxy) is 1. The van der Waals surface area contributed by atoms with Crippen molar-refractivity contribution in [1.29, 1.82) is 0 Å². The molecule has 0 bridgehead atoms. The number of carbonyl (C=O) groups excluding carboxylic acids is 1. The Labute approximate surface area is 110 Å². The summed E-state index contributed by atoms with van der Waals surface area (Å²) in [6, 6.07) is 9.12. The molecule has 0 spiro atoms. The number of para-hydroxylation sites is 1. The topological polar surface area (TPSA) is 77.2 Å². The maximum atomic E-state index is 12.1. The van der Waals surface area contributed by atoms with Gasteiger partial charge < -0.3 is 15.8 Å². The predicted molar refractivity (Wildman–Crippen MR) is 70.8 cm³/mol. The van der Waals surface area contributed by atoms with Gasteiger partial charge in [-0.05, 0) is 12.1 Å². The van der Waals surface area contributed by atoms with E-state index in [0.717, 1.165) is 11.3 Å². The Balaban J connectivity index is 1.81. The molecule has 3 rings (SSSR count). The van der Waals surface area contributed by atoms with Gasteiger partial charge in [-0.2, -0.15) is 0 Å².